The molecule has 1 aliphatic rings. The van der Waals surface area contributed by atoms with Gasteiger partial charge in [0.2, 0.25) is 5.91 Å². The van der Waals surface area contributed by atoms with Gasteiger partial charge in [-0.15, -0.1) is 0 Å². The van der Waals surface area contributed by atoms with Gasteiger partial charge in [-0.2, -0.15) is 0 Å². The van der Waals surface area contributed by atoms with Gasteiger partial charge in [-0.25, -0.2) is 4.98 Å². The van der Waals surface area contributed by atoms with Crippen LogP contribution in [0.25, 0.3) is 0 Å². The standard InChI is InChI=1S/C23H22ClN5O2/c1-15(16-5-7-18(24)8-6-16)11-28-23(31)17-10-20-22(26-12-17)27-13-21(30)29(20)14-19-4-2-3-9-25-19/h2-10,12,15H,11,13-14H2,1H3,(H,26,27)(H,28,31). The van der Waals surface area contributed by atoms with Crippen molar-refractivity contribution in [3.05, 3.63) is 82.8 Å². The second-order valence-electron chi connectivity index (χ2n) is 7.41. The van der Waals surface area contributed by atoms with Gasteiger partial charge in [0.25, 0.3) is 5.91 Å². The molecule has 1 unspecified atom stereocenters. The third kappa shape index (κ3) is 4.83. The average molecular weight is 436 g/mol. The van der Waals surface area contributed by atoms with Gasteiger partial charge in [-0.05, 0) is 41.8 Å². The summed E-state index contributed by atoms with van der Waals surface area (Å²) in [5.74, 6) is 0.345. The Morgan fingerprint density at radius 2 is 2.03 bits per heavy atom. The van der Waals surface area contributed by atoms with E-state index < -0.39 is 0 Å². The highest BCUT2D eigenvalue weighted by Gasteiger charge is 2.26. The van der Waals surface area contributed by atoms with Gasteiger partial charge in [-0.1, -0.05) is 36.7 Å². The molecule has 1 atom stereocenters. The number of rotatable bonds is 6. The predicted molar refractivity (Wildman–Crippen MR) is 120 cm³/mol. The van der Waals surface area contributed by atoms with E-state index in [1.807, 2.05) is 49.4 Å². The van der Waals surface area contributed by atoms with Crippen molar-refractivity contribution in [1.29, 1.82) is 0 Å². The summed E-state index contributed by atoms with van der Waals surface area (Å²) in [6.45, 7) is 2.96. The van der Waals surface area contributed by atoms with Crippen LogP contribution in [-0.4, -0.2) is 34.9 Å². The normalized spacial score (nSPS) is 13.9. The number of hydrogen-bond acceptors (Lipinski definition) is 5. The maximum Gasteiger partial charge on any atom is 0.252 e. The Labute approximate surface area is 185 Å². The third-order valence-corrected chi connectivity index (χ3v) is 5.43. The zero-order valence-corrected chi connectivity index (χ0v) is 17.8. The zero-order valence-electron chi connectivity index (χ0n) is 17.0. The summed E-state index contributed by atoms with van der Waals surface area (Å²) in [5, 5.41) is 6.63. The fourth-order valence-electron chi connectivity index (χ4n) is 3.39. The predicted octanol–water partition coefficient (Wildman–Crippen LogP) is 3.62. The van der Waals surface area contributed by atoms with Crippen LogP contribution in [0.5, 0.6) is 0 Å². The van der Waals surface area contributed by atoms with Crippen LogP contribution in [0.3, 0.4) is 0 Å². The van der Waals surface area contributed by atoms with Gasteiger partial charge >= 0.3 is 0 Å². The highest BCUT2D eigenvalue weighted by atomic mass is 35.5. The molecule has 0 spiro atoms. The Balaban J connectivity index is 1.49. The molecule has 3 aromatic rings. The van der Waals surface area contributed by atoms with E-state index >= 15 is 0 Å². The van der Waals surface area contributed by atoms with Crippen molar-refractivity contribution < 1.29 is 9.59 Å². The minimum absolute atomic E-state index is 0.103. The van der Waals surface area contributed by atoms with E-state index in [-0.39, 0.29) is 24.3 Å². The van der Waals surface area contributed by atoms with Gasteiger partial charge < -0.3 is 15.5 Å². The summed E-state index contributed by atoms with van der Waals surface area (Å²) in [4.78, 5) is 35.6. The Morgan fingerprint density at radius 1 is 1.23 bits per heavy atom. The molecule has 0 fully saturated rings. The minimum atomic E-state index is -0.244. The number of fused-ring (bicyclic) bond motifs is 1. The van der Waals surface area contributed by atoms with Crippen LogP contribution < -0.4 is 15.5 Å². The third-order valence-electron chi connectivity index (χ3n) is 5.18. The van der Waals surface area contributed by atoms with Gasteiger partial charge in [0, 0.05) is 24.0 Å². The van der Waals surface area contributed by atoms with Gasteiger partial charge in [0.05, 0.1) is 30.0 Å². The van der Waals surface area contributed by atoms with Crippen LogP contribution in [0.4, 0.5) is 11.5 Å². The maximum absolute atomic E-state index is 12.8. The van der Waals surface area contributed by atoms with Crippen LogP contribution in [0.1, 0.15) is 34.5 Å². The number of carbonyl (C=O) groups excluding carboxylic acids is 2. The van der Waals surface area contributed by atoms with Crippen molar-refractivity contribution >= 4 is 34.9 Å². The number of anilines is 2. The first kappa shape index (κ1) is 20.8. The number of halogens is 1. The number of amides is 2. The van der Waals surface area contributed by atoms with Crippen molar-refractivity contribution in [1.82, 2.24) is 15.3 Å². The zero-order chi connectivity index (χ0) is 21.8. The van der Waals surface area contributed by atoms with Crippen molar-refractivity contribution in [2.45, 2.75) is 19.4 Å². The molecule has 2 N–H and O–H groups in total. The number of aromatic nitrogens is 2. The first-order chi connectivity index (χ1) is 15.0. The van der Waals surface area contributed by atoms with E-state index in [4.69, 9.17) is 11.6 Å². The highest BCUT2D eigenvalue weighted by Crippen LogP contribution is 2.29. The first-order valence-electron chi connectivity index (χ1n) is 9.99. The Kier molecular flexibility index (Phi) is 6.13. The molecule has 0 saturated heterocycles. The molecule has 2 aromatic heterocycles. The van der Waals surface area contributed by atoms with Gasteiger partial charge in [0.15, 0.2) is 5.82 Å². The van der Waals surface area contributed by atoms with E-state index in [1.54, 1.807) is 17.2 Å². The second kappa shape index (κ2) is 9.14. The number of nitrogens with one attached hydrogen (secondary N) is 2. The lowest BCUT2D eigenvalue weighted by Gasteiger charge is -2.29. The SMILES string of the molecule is CC(CNC(=O)c1cnc2c(c1)N(Cc1ccccn1)C(=O)CN2)c1ccc(Cl)cc1. The molecule has 0 bridgehead atoms. The van der Waals surface area contributed by atoms with Crippen molar-refractivity contribution in [2.75, 3.05) is 23.3 Å². The molecule has 0 radical (unpaired) electrons. The molecule has 8 heteroatoms. The van der Waals surface area contributed by atoms with Crippen molar-refractivity contribution in [3.8, 4) is 0 Å². The summed E-state index contributed by atoms with van der Waals surface area (Å²) < 4.78 is 0. The Morgan fingerprint density at radius 3 is 2.77 bits per heavy atom. The lowest BCUT2D eigenvalue weighted by atomic mass is 10.0. The van der Waals surface area contributed by atoms with E-state index in [0.717, 1.165) is 11.3 Å². The molecule has 0 aliphatic carbocycles. The van der Waals surface area contributed by atoms with Crippen LogP contribution in [0.2, 0.25) is 5.02 Å². The van der Waals surface area contributed by atoms with Gasteiger partial charge in [0.1, 0.15) is 0 Å². The van der Waals surface area contributed by atoms with E-state index in [2.05, 4.69) is 20.6 Å². The number of benzene rings is 1. The Bertz CT molecular complexity index is 1090. The van der Waals surface area contributed by atoms with Crippen LogP contribution in [-0.2, 0) is 11.3 Å². The molecule has 3 heterocycles. The summed E-state index contributed by atoms with van der Waals surface area (Å²) in [7, 11) is 0. The largest absolute Gasteiger partial charge is 0.359 e. The fraction of sp³-hybridized carbons (Fsp3) is 0.217. The quantitative estimate of drug-likeness (QED) is 0.617. The Hall–Kier alpha value is -3.45. The number of hydrogen-bond donors (Lipinski definition) is 2. The molecule has 1 aromatic carbocycles. The smallest absolute Gasteiger partial charge is 0.252 e. The molecular weight excluding hydrogens is 414 g/mol. The van der Waals surface area contributed by atoms with Crippen LogP contribution in [0.15, 0.2) is 60.9 Å². The van der Waals surface area contributed by atoms with Crippen LogP contribution >= 0.6 is 11.6 Å². The highest BCUT2D eigenvalue weighted by molar-refractivity contribution is 6.30. The maximum atomic E-state index is 12.8. The summed E-state index contributed by atoms with van der Waals surface area (Å²) in [5.41, 5.74) is 2.81. The first-order valence-corrected chi connectivity index (χ1v) is 10.4. The average Bonchev–Trinajstić information content (AvgIpc) is 2.80. The van der Waals surface area contributed by atoms with Crippen molar-refractivity contribution in [3.63, 3.8) is 0 Å². The lowest BCUT2D eigenvalue weighted by molar-refractivity contribution is -0.117. The molecule has 4 rings (SSSR count). The van der Waals surface area contributed by atoms with E-state index in [9.17, 15) is 9.59 Å². The molecule has 31 heavy (non-hydrogen) atoms. The molecule has 158 valence electrons. The summed E-state index contributed by atoms with van der Waals surface area (Å²) in [6, 6.07) is 14.8. The molecule has 7 nitrogen and oxygen atoms in total. The monoisotopic (exact) mass is 435 g/mol. The summed E-state index contributed by atoms with van der Waals surface area (Å²) >= 11 is 5.94. The molecule has 0 saturated carbocycles. The summed E-state index contributed by atoms with van der Waals surface area (Å²) in [6.07, 6.45) is 3.20. The van der Waals surface area contributed by atoms with E-state index in [0.29, 0.717) is 35.2 Å². The van der Waals surface area contributed by atoms with Crippen molar-refractivity contribution in [2.24, 2.45) is 0 Å². The van der Waals surface area contributed by atoms with Crippen LogP contribution in [0, 0.1) is 0 Å². The minimum Gasteiger partial charge on any atom is -0.359 e. The fourth-order valence-corrected chi connectivity index (χ4v) is 3.52. The molecule has 1 aliphatic heterocycles. The number of carbonyl (C=O) groups is 2. The number of pyridine rings is 2. The van der Waals surface area contributed by atoms with Gasteiger partial charge in [-0.3, -0.25) is 14.6 Å². The molecule has 2 amide bonds. The second-order valence-corrected chi connectivity index (χ2v) is 7.85. The lowest BCUT2D eigenvalue weighted by Crippen LogP contribution is -2.40. The topological polar surface area (TPSA) is 87.2 Å². The number of nitrogens with zero attached hydrogens (tertiary/aromatic N) is 3. The molecular formula is C23H22ClN5O2. The van der Waals surface area contributed by atoms with E-state index in [1.165, 1.54) is 6.20 Å².